The molecule has 0 bridgehead atoms. The standard InChI is InChI=1S/C17H23NO3/c1-11-9-14(11)15-7-6-13(21-15)10-18(12-4-5-12)17(19)16-3-2-8-20-16/h6-7,11-12,14,16H,2-5,8-10H2,1H3/t11-,14+,16-/m1/s1. The monoisotopic (exact) mass is 289 g/mol. The zero-order valence-electron chi connectivity index (χ0n) is 12.6. The molecule has 0 N–H and O–H groups in total. The van der Waals surface area contributed by atoms with Gasteiger partial charge in [-0.1, -0.05) is 6.92 Å². The van der Waals surface area contributed by atoms with E-state index in [0.29, 0.717) is 18.5 Å². The number of carbonyl (C=O) groups excluding carboxylic acids is 1. The number of furan rings is 1. The Bertz CT molecular complexity index is 528. The van der Waals surface area contributed by atoms with Crippen LogP contribution in [-0.4, -0.2) is 29.6 Å². The van der Waals surface area contributed by atoms with Crippen molar-refractivity contribution in [2.45, 2.75) is 63.6 Å². The van der Waals surface area contributed by atoms with Gasteiger partial charge < -0.3 is 14.1 Å². The lowest BCUT2D eigenvalue weighted by Gasteiger charge is -2.24. The lowest BCUT2D eigenvalue weighted by atomic mass is 10.2. The molecule has 2 aliphatic carbocycles. The summed E-state index contributed by atoms with van der Waals surface area (Å²) in [6, 6.07) is 4.53. The smallest absolute Gasteiger partial charge is 0.252 e. The second-order valence-electron chi connectivity index (χ2n) is 6.82. The van der Waals surface area contributed by atoms with Crippen molar-refractivity contribution >= 4 is 5.91 Å². The third kappa shape index (κ3) is 2.73. The number of amides is 1. The summed E-state index contributed by atoms with van der Waals surface area (Å²) in [5.41, 5.74) is 0. The van der Waals surface area contributed by atoms with Crippen LogP contribution in [0.15, 0.2) is 16.5 Å². The molecular weight excluding hydrogens is 266 g/mol. The van der Waals surface area contributed by atoms with Crippen LogP contribution in [0.3, 0.4) is 0 Å². The molecule has 0 spiro atoms. The zero-order chi connectivity index (χ0) is 14.4. The minimum atomic E-state index is -0.219. The van der Waals surface area contributed by atoms with Crippen molar-refractivity contribution in [2.75, 3.05) is 6.61 Å². The fraction of sp³-hybridized carbons (Fsp3) is 0.706. The van der Waals surface area contributed by atoms with Crippen molar-refractivity contribution in [3.63, 3.8) is 0 Å². The summed E-state index contributed by atoms with van der Waals surface area (Å²) < 4.78 is 11.5. The molecule has 1 saturated heterocycles. The minimum Gasteiger partial charge on any atom is -0.464 e. The second kappa shape index (κ2) is 5.16. The molecule has 1 amide bonds. The van der Waals surface area contributed by atoms with Gasteiger partial charge in [0, 0.05) is 18.6 Å². The lowest BCUT2D eigenvalue weighted by Crippen LogP contribution is -2.39. The molecule has 3 atom stereocenters. The van der Waals surface area contributed by atoms with Crippen molar-refractivity contribution < 1.29 is 13.9 Å². The number of rotatable bonds is 5. The number of nitrogens with zero attached hydrogens (tertiary/aromatic N) is 1. The minimum absolute atomic E-state index is 0.160. The Morgan fingerprint density at radius 1 is 1.33 bits per heavy atom. The van der Waals surface area contributed by atoms with E-state index in [2.05, 4.69) is 13.0 Å². The average molecular weight is 289 g/mol. The van der Waals surface area contributed by atoms with Gasteiger partial charge in [0.2, 0.25) is 0 Å². The van der Waals surface area contributed by atoms with E-state index >= 15 is 0 Å². The number of hydrogen-bond donors (Lipinski definition) is 0. The highest BCUT2D eigenvalue weighted by atomic mass is 16.5. The van der Waals surface area contributed by atoms with Gasteiger partial charge in [0.25, 0.3) is 5.91 Å². The van der Waals surface area contributed by atoms with Gasteiger partial charge in [0.15, 0.2) is 0 Å². The molecule has 3 fully saturated rings. The van der Waals surface area contributed by atoms with Gasteiger partial charge in [-0.3, -0.25) is 4.79 Å². The number of hydrogen-bond acceptors (Lipinski definition) is 3. The highest BCUT2D eigenvalue weighted by Crippen LogP contribution is 2.47. The highest BCUT2D eigenvalue weighted by Gasteiger charge is 2.39. The largest absolute Gasteiger partial charge is 0.464 e. The SMILES string of the molecule is C[C@@H]1C[C@@H]1c1ccc(CN(C(=O)[C@H]2CCCO2)C2CC2)o1. The van der Waals surface area contributed by atoms with Crippen molar-refractivity contribution in [1.82, 2.24) is 4.90 Å². The van der Waals surface area contributed by atoms with E-state index < -0.39 is 0 Å². The molecule has 114 valence electrons. The van der Waals surface area contributed by atoms with Gasteiger partial charge in [-0.05, 0) is 50.2 Å². The van der Waals surface area contributed by atoms with E-state index in [-0.39, 0.29) is 12.0 Å². The normalized spacial score (nSPS) is 31.4. The van der Waals surface area contributed by atoms with Gasteiger partial charge >= 0.3 is 0 Å². The maximum absolute atomic E-state index is 12.6. The molecule has 1 aromatic heterocycles. The fourth-order valence-electron chi connectivity index (χ4n) is 3.30. The van der Waals surface area contributed by atoms with E-state index in [9.17, 15) is 4.79 Å². The Labute approximate surface area is 125 Å². The first-order valence-electron chi connectivity index (χ1n) is 8.23. The predicted molar refractivity (Wildman–Crippen MR) is 77.8 cm³/mol. The molecule has 1 aromatic rings. The van der Waals surface area contributed by atoms with E-state index in [1.165, 1.54) is 6.42 Å². The molecule has 0 unspecified atom stereocenters. The first-order chi connectivity index (χ1) is 10.2. The summed E-state index contributed by atoms with van der Waals surface area (Å²) in [4.78, 5) is 14.6. The van der Waals surface area contributed by atoms with Crippen molar-refractivity contribution in [2.24, 2.45) is 5.92 Å². The van der Waals surface area contributed by atoms with Crippen molar-refractivity contribution in [3.05, 3.63) is 23.7 Å². The molecule has 4 heteroatoms. The Morgan fingerprint density at radius 3 is 2.76 bits per heavy atom. The summed E-state index contributed by atoms with van der Waals surface area (Å²) in [6.45, 7) is 3.58. The van der Waals surface area contributed by atoms with Crippen LogP contribution in [0.2, 0.25) is 0 Å². The van der Waals surface area contributed by atoms with Crippen LogP contribution >= 0.6 is 0 Å². The molecule has 4 nitrogen and oxygen atoms in total. The van der Waals surface area contributed by atoms with Gasteiger partial charge in [-0.25, -0.2) is 0 Å². The summed E-state index contributed by atoms with van der Waals surface area (Å²) in [5, 5.41) is 0. The average Bonchev–Trinajstić information content (AvgIpc) is 3.32. The van der Waals surface area contributed by atoms with Gasteiger partial charge in [-0.15, -0.1) is 0 Å². The quantitative estimate of drug-likeness (QED) is 0.836. The Balaban J connectivity index is 1.44. The van der Waals surface area contributed by atoms with E-state index in [1.807, 2.05) is 11.0 Å². The van der Waals surface area contributed by atoms with Gasteiger partial charge in [-0.2, -0.15) is 0 Å². The third-order valence-electron chi connectivity index (χ3n) is 4.96. The highest BCUT2D eigenvalue weighted by molar-refractivity contribution is 5.81. The van der Waals surface area contributed by atoms with Crippen LogP contribution in [0.4, 0.5) is 0 Å². The molecule has 21 heavy (non-hydrogen) atoms. The van der Waals surface area contributed by atoms with E-state index in [1.54, 1.807) is 0 Å². The predicted octanol–water partition coefficient (Wildman–Crippen LogP) is 3.07. The molecule has 0 radical (unpaired) electrons. The number of carbonyl (C=O) groups is 1. The molecule has 1 aliphatic heterocycles. The molecule has 3 aliphatic rings. The third-order valence-corrected chi connectivity index (χ3v) is 4.96. The van der Waals surface area contributed by atoms with Crippen LogP contribution < -0.4 is 0 Å². The van der Waals surface area contributed by atoms with Crippen LogP contribution in [-0.2, 0) is 16.1 Å². The van der Waals surface area contributed by atoms with Crippen molar-refractivity contribution in [3.8, 4) is 0 Å². The van der Waals surface area contributed by atoms with E-state index in [0.717, 1.165) is 49.7 Å². The first-order valence-corrected chi connectivity index (χ1v) is 8.23. The van der Waals surface area contributed by atoms with Crippen molar-refractivity contribution in [1.29, 1.82) is 0 Å². The molecule has 4 rings (SSSR count). The molecule has 2 heterocycles. The maximum atomic E-state index is 12.6. The molecule has 2 saturated carbocycles. The lowest BCUT2D eigenvalue weighted by molar-refractivity contribution is -0.142. The van der Waals surface area contributed by atoms with Crippen LogP contribution in [0.25, 0.3) is 0 Å². The van der Waals surface area contributed by atoms with Crippen LogP contribution in [0, 0.1) is 5.92 Å². The van der Waals surface area contributed by atoms with E-state index in [4.69, 9.17) is 9.15 Å². The first kappa shape index (κ1) is 13.4. The summed E-state index contributed by atoms with van der Waals surface area (Å²) >= 11 is 0. The Kier molecular flexibility index (Phi) is 3.29. The Hall–Kier alpha value is -1.29. The molecular formula is C17H23NO3. The fourth-order valence-corrected chi connectivity index (χ4v) is 3.30. The summed E-state index contributed by atoms with van der Waals surface area (Å²) in [5.74, 6) is 3.52. The summed E-state index contributed by atoms with van der Waals surface area (Å²) in [6.07, 6.45) is 5.11. The van der Waals surface area contributed by atoms with Gasteiger partial charge in [0.1, 0.15) is 17.6 Å². The second-order valence-corrected chi connectivity index (χ2v) is 6.82. The van der Waals surface area contributed by atoms with Crippen LogP contribution in [0.5, 0.6) is 0 Å². The molecule has 0 aromatic carbocycles. The summed E-state index contributed by atoms with van der Waals surface area (Å²) in [7, 11) is 0. The number of ether oxygens (including phenoxy) is 1. The van der Waals surface area contributed by atoms with Gasteiger partial charge in [0.05, 0.1) is 6.54 Å². The maximum Gasteiger partial charge on any atom is 0.252 e. The topological polar surface area (TPSA) is 42.7 Å². The Morgan fingerprint density at radius 2 is 2.14 bits per heavy atom. The zero-order valence-corrected chi connectivity index (χ0v) is 12.6. The van der Waals surface area contributed by atoms with Crippen LogP contribution in [0.1, 0.15) is 56.5 Å².